The number of nitrogens with one attached hydrogen (secondary N) is 2. The van der Waals surface area contributed by atoms with Crippen molar-refractivity contribution >= 4 is 23.4 Å². The van der Waals surface area contributed by atoms with E-state index in [0.29, 0.717) is 22.8 Å². The molecule has 1 amide bonds. The molecule has 0 atom stereocenters. The summed E-state index contributed by atoms with van der Waals surface area (Å²) in [6, 6.07) is 4.49. The topological polar surface area (TPSA) is 97.6 Å². The molecule has 0 spiro atoms. The summed E-state index contributed by atoms with van der Waals surface area (Å²) in [5.74, 6) is -3.10. The Morgan fingerprint density at radius 1 is 1.26 bits per heavy atom. The van der Waals surface area contributed by atoms with E-state index >= 15 is 0 Å². The van der Waals surface area contributed by atoms with Crippen LogP contribution in [0.15, 0.2) is 36.8 Å². The normalized spacial score (nSPS) is 11.3. The molecule has 0 radical (unpaired) electrons. The highest BCUT2D eigenvalue weighted by Gasteiger charge is 2.26. The van der Waals surface area contributed by atoms with Crippen LogP contribution in [0.5, 0.6) is 0 Å². The molecule has 3 aromatic rings. The zero-order valence-corrected chi connectivity index (χ0v) is 14.9. The van der Waals surface area contributed by atoms with Crippen molar-refractivity contribution in [2.75, 3.05) is 10.6 Å². The first kappa shape index (κ1) is 18.4. The van der Waals surface area contributed by atoms with Crippen LogP contribution < -0.4 is 10.6 Å². The van der Waals surface area contributed by atoms with Crippen molar-refractivity contribution in [2.24, 2.45) is 7.05 Å². The summed E-state index contributed by atoms with van der Waals surface area (Å²) >= 11 is 0. The van der Waals surface area contributed by atoms with Gasteiger partial charge in [0.05, 0.1) is 11.4 Å². The van der Waals surface area contributed by atoms with E-state index in [4.69, 9.17) is 0 Å². The molecule has 0 saturated carbocycles. The third-order valence-corrected chi connectivity index (χ3v) is 3.55. The molecule has 0 aromatic carbocycles. The molecule has 0 aliphatic carbocycles. The fraction of sp³-hybridized carbons (Fsp3) is 0.235. The van der Waals surface area contributed by atoms with Crippen molar-refractivity contribution in [1.29, 1.82) is 0 Å². The van der Waals surface area contributed by atoms with Crippen molar-refractivity contribution in [1.82, 2.24) is 24.7 Å². The Kier molecular flexibility index (Phi) is 4.80. The Labute approximate surface area is 153 Å². The Morgan fingerprint density at radius 3 is 2.67 bits per heavy atom. The van der Waals surface area contributed by atoms with E-state index in [2.05, 4.69) is 30.7 Å². The first-order valence-electron chi connectivity index (χ1n) is 7.98. The fourth-order valence-electron chi connectivity index (χ4n) is 2.35. The number of anilines is 3. The van der Waals surface area contributed by atoms with Crippen LogP contribution >= 0.6 is 0 Å². The smallest absolute Gasteiger partial charge is 0.287 e. The van der Waals surface area contributed by atoms with Crippen molar-refractivity contribution in [2.45, 2.75) is 19.8 Å². The first-order valence-corrected chi connectivity index (χ1v) is 7.98. The lowest BCUT2D eigenvalue weighted by molar-refractivity contribution is -0.114. The number of halogens is 2. The number of carbonyl (C=O) groups excluding carboxylic acids is 1. The highest BCUT2D eigenvalue weighted by Crippen LogP contribution is 2.31. The van der Waals surface area contributed by atoms with Gasteiger partial charge in [-0.3, -0.25) is 9.48 Å². The van der Waals surface area contributed by atoms with Gasteiger partial charge in [-0.2, -0.15) is 13.9 Å². The van der Waals surface area contributed by atoms with Crippen molar-refractivity contribution in [3.63, 3.8) is 0 Å². The van der Waals surface area contributed by atoms with Gasteiger partial charge in [-0.05, 0) is 12.1 Å². The second-order valence-electron chi connectivity index (χ2n) is 5.95. The molecule has 0 fully saturated rings. The summed E-state index contributed by atoms with van der Waals surface area (Å²) in [6.45, 7) is 2.12. The summed E-state index contributed by atoms with van der Waals surface area (Å²) in [7, 11) is 1.77. The number of pyridine rings is 1. The average molecular weight is 373 g/mol. The van der Waals surface area contributed by atoms with Crippen LogP contribution in [0.1, 0.15) is 19.5 Å². The number of hydrogen-bond acceptors (Lipinski definition) is 6. The second-order valence-corrected chi connectivity index (χ2v) is 5.95. The number of rotatable bonds is 5. The molecular weight excluding hydrogens is 356 g/mol. The SMILES string of the molecule is CC(=O)Nc1cc(Nc2nccc(C(C)(F)F)n2)c(-c2ccn(C)n2)cn1. The molecule has 0 aliphatic heterocycles. The van der Waals surface area contributed by atoms with E-state index in [1.165, 1.54) is 19.3 Å². The number of amides is 1. The number of hydrogen-bond donors (Lipinski definition) is 2. The van der Waals surface area contributed by atoms with Crippen LogP contribution in [0.2, 0.25) is 0 Å². The number of aryl methyl sites for hydroxylation is 1. The largest absolute Gasteiger partial charge is 0.323 e. The van der Waals surface area contributed by atoms with E-state index < -0.39 is 11.6 Å². The number of carbonyl (C=O) groups is 1. The highest BCUT2D eigenvalue weighted by atomic mass is 19.3. The van der Waals surface area contributed by atoms with Crippen molar-refractivity contribution in [3.05, 3.63) is 42.5 Å². The van der Waals surface area contributed by atoms with E-state index in [9.17, 15) is 13.6 Å². The Hall–Kier alpha value is -3.43. The molecule has 10 heteroatoms. The summed E-state index contributed by atoms with van der Waals surface area (Å²) in [5.41, 5.74) is 1.26. The van der Waals surface area contributed by atoms with Crippen LogP contribution in [-0.4, -0.2) is 30.6 Å². The van der Waals surface area contributed by atoms with Gasteiger partial charge >= 0.3 is 0 Å². The lowest BCUT2D eigenvalue weighted by Gasteiger charge is -2.13. The zero-order valence-electron chi connectivity index (χ0n) is 14.9. The maximum Gasteiger partial charge on any atom is 0.287 e. The molecule has 27 heavy (non-hydrogen) atoms. The molecule has 2 N–H and O–H groups in total. The maximum absolute atomic E-state index is 13.5. The van der Waals surface area contributed by atoms with Crippen LogP contribution in [0.4, 0.5) is 26.2 Å². The van der Waals surface area contributed by atoms with Gasteiger partial charge in [-0.15, -0.1) is 0 Å². The minimum atomic E-state index is -3.09. The molecule has 3 rings (SSSR count). The number of aromatic nitrogens is 5. The van der Waals surface area contributed by atoms with Crippen LogP contribution in [-0.2, 0) is 17.8 Å². The molecule has 0 bridgehead atoms. The quantitative estimate of drug-likeness (QED) is 0.713. The Morgan fingerprint density at radius 2 is 2.04 bits per heavy atom. The van der Waals surface area contributed by atoms with Crippen LogP contribution in [0, 0.1) is 0 Å². The third kappa shape index (κ3) is 4.40. The molecule has 8 nitrogen and oxygen atoms in total. The molecule has 3 heterocycles. The summed E-state index contributed by atoms with van der Waals surface area (Å²) in [4.78, 5) is 23.3. The van der Waals surface area contributed by atoms with Gasteiger partial charge in [0.1, 0.15) is 11.5 Å². The van der Waals surface area contributed by atoms with Crippen LogP contribution in [0.25, 0.3) is 11.3 Å². The number of nitrogens with zero attached hydrogens (tertiary/aromatic N) is 5. The first-order chi connectivity index (χ1) is 12.7. The minimum absolute atomic E-state index is 0.00817. The molecular formula is C17H17F2N7O. The monoisotopic (exact) mass is 373 g/mol. The number of alkyl halides is 2. The molecule has 3 aromatic heterocycles. The fourth-order valence-corrected chi connectivity index (χ4v) is 2.35. The lowest BCUT2D eigenvalue weighted by Crippen LogP contribution is -2.12. The summed E-state index contributed by atoms with van der Waals surface area (Å²) in [5, 5.41) is 9.80. The third-order valence-electron chi connectivity index (χ3n) is 3.55. The predicted octanol–water partition coefficient (Wildman–Crippen LogP) is 3.09. The predicted molar refractivity (Wildman–Crippen MR) is 95.6 cm³/mol. The van der Waals surface area contributed by atoms with E-state index in [-0.39, 0.29) is 11.9 Å². The average Bonchev–Trinajstić information content (AvgIpc) is 3.00. The van der Waals surface area contributed by atoms with Gasteiger partial charge in [-0.1, -0.05) is 0 Å². The molecule has 0 saturated heterocycles. The summed E-state index contributed by atoms with van der Waals surface area (Å²) < 4.78 is 28.7. The van der Waals surface area contributed by atoms with Gasteiger partial charge in [0, 0.05) is 51.1 Å². The van der Waals surface area contributed by atoms with E-state index in [1.54, 1.807) is 30.1 Å². The maximum atomic E-state index is 13.5. The van der Waals surface area contributed by atoms with Gasteiger partial charge in [0.2, 0.25) is 11.9 Å². The van der Waals surface area contributed by atoms with Crippen LogP contribution in [0.3, 0.4) is 0 Å². The second kappa shape index (κ2) is 7.06. The Balaban J connectivity index is 2.02. The van der Waals surface area contributed by atoms with Gasteiger partial charge in [-0.25, -0.2) is 15.0 Å². The molecule has 0 aliphatic rings. The zero-order chi connectivity index (χ0) is 19.6. The van der Waals surface area contributed by atoms with Crippen molar-refractivity contribution in [3.8, 4) is 11.3 Å². The summed E-state index contributed by atoms with van der Waals surface area (Å²) in [6.07, 6.45) is 4.53. The molecule has 0 unspecified atom stereocenters. The molecule has 140 valence electrons. The minimum Gasteiger partial charge on any atom is -0.323 e. The van der Waals surface area contributed by atoms with E-state index in [0.717, 1.165) is 13.0 Å². The van der Waals surface area contributed by atoms with Gasteiger partial charge in [0.25, 0.3) is 5.92 Å². The Bertz CT molecular complexity index is 981. The standard InChI is InChI=1S/C17H17F2N7O/c1-10(27)22-15-8-13(11(9-21-15)12-5-7-26(3)25-12)23-16-20-6-4-14(24-16)17(2,18)19/h4-9H,1-3H3,(H2,20,21,22,23,24,27). The van der Waals surface area contributed by atoms with Gasteiger partial charge in [0.15, 0.2) is 0 Å². The lowest BCUT2D eigenvalue weighted by atomic mass is 10.1. The highest BCUT2D eigenvalue weighted by molar-refractivity contribution is 5.89. The van der Waals surface area contributed by atoms with E-state index in [1.807, 2.05) is 0 Å². The van der Waals surface area contributed by atoms with Crippen molar-refractivity contribution < 1.29 is 13.6 Å². The van der Waals surface area contributed by atoms with Gasteiger partial charge < -0.3 is 10.6 Å².